The van der Waals surface area contributed by atoms with Gasteiger partial charge in [0.1, 0.15) is 0 Å². The maximum absolute atomic E-state index is 13.5. The highest BCUT2D eigenvalue weighted by Crippen LogP contribution is 2.29. The monoisotopic (exact) mass is 448 g/mol. The van der Waals surface area contributed by atoms with E-state index in [2.05, 4.69) is 15.3 Å². The Bertz CT molecular complexity index is 1290. The van der Waals surface area contributed by atoms with E-state index < -0.39 is 5.92 Å². The Kier molecular flexibility index (Phi) is 5.47. The minimum atomic E-state index is -0.535. The molecule has 0 radical (unpaired) electrons. The number of H-pyrrole nitrogens is 1. The normalized spacial score (nSPS) is 16.8. The molecule has 1 N–H and O–H groups in total. The second-order valence-electron chi connectivity index (χ2n) is 8.80. The Morgan fingerprint density at radius 1 is 1.09 bits per heavy atom. The zero-order chi connectivity index (χ0) is 23.1. The van der Waals surface area contributed by atoms with Crippen LogP contribution < -0.4 is 5.56 Å². The van der Waals surface area contributed by atoms with Gasteiger partial charge < -0.3 is 9.80 Å². The van der Waals surface area contributed by atoms with E-state index in [1.165, 1.54) is 0 Å². The Labute approximate surface area is 191 Å². The number of amides is 2. The third-order valence-electron chi connectivity index (χ3n) is 6.85. The summed E-state index contributed by atoms with van der Waals surface area (Å²) in [7, 11) is 0. The molecular formula is C24H28N6O3. The first-order valence-corrected chi connectivity index (χ1v) is 11.6. The molecular weight excluding hydrogens is 420 g/mol. The van der Waals surface area contributed by atoms with Crippen molar-refractivity contribution in [1.29, 1.82) is 0 Å². The summed E-state index contributed by atoms with van der Waals surface area (Å²) in [5, 5.41) is 12.6. The predicted molar refractivity (Wildman–Crippen MR) is 123 cm³/mol. The first-order valence-electron chi connectivity index (χ1n) is 11.6. The molecule has 0 bridgehead atoms. The molecule has 2 aliphatic heterocycles. The van der Waals surface area contributed by atoms with Crippen LogP contribution in [0.2, 0.25) is 0 Å². The highest BCUT2D eigenvalue weighted by atomic mass is 16.2. The first kappa shape index (κ1) is 21.4. The van der Waals surface area contributed by atoms with Crippen molar-refractivity contribution >= 4 is 22.6 Å². The molecule has 2 aliphatic rings. The van der Waals surface area contributed by atoms with Gasteiger partial charge >= 0.3 is 0 Å². The largest absolute Gasteiger partial charge is 0.337 e. The molecule has 2 amide bonds. The number of nitrogens with zero attached hydrogens (tertiary/aromatic N) is 5. The Balaban J connectivity index is 1.45. The van der Waals surface area contributed by atoms with E-state index >= 15 is 0 Å². The van der Waals surface area contributed by atoms with Gasteiger partial charge in [-0.3, -0.25) is 19.1 Å². The lowest BCUT2D eigenvalue weighted by Gasteiger charge is -2.30. The zero-order valence-electron chi connectivity index (χ0n) is 19.0. The number of fused-ring (bicyclic) bond motifs is 2. The number of hydrogen-bond acceptors (Lipinski definition) is 5. The number of likely N-dealkylation sites (tertiary alicyclic amines) is 1. The minimum Gasteiger partial charge on any atom is -0.337 e. The van der Waals surface area contributed by atoms with Gasteiger partial charge in [-0.1, -0.05) is 18.2 Å². The molecule has 0 saturated carbocycles. The Hall–Kier alpha value is -3.49. The molecule has 3 aromatic rings. The quantitative estimate of drug-likeness (QED) is 0.658. The average Bonchev–Trinajstić information content (AvgIpc) is 3.51. The number of aromatic amines is 1. The van der Waals surface area contributed by atoms with Crippen LogP contribution >= 0.6 is 0 Å². The van der Waals surface area contributed by atoms with Crippen LogP contribution in [0.4, 0.5) is 0 Å². The first-order chi connectivity index (χ1) is 16.0. The van der Waals surface area contributed by atoms with E-state index in [4.69, 9.17) is 0 Å². The number of carbonyl (C=O) groups excluding carboxylic acids is 2. The summed E-state index contributed by atoms with van der Waals surface area (Å²) in [6.07, 6.45) is 2.69. The molecule has 2 aromatic heterocycles. The van der Waals surface area contributed by atoms with Gasteiger partial charge in [-0.15, -0.1) is 0 Å². The van der Waals surface area contributed by atoms with Crippen LogP contribution in [0.5, 0.6) is 0 Å². The minimum absolute atomic E-state index is 0.0356. The van der Waals surface area contributed by atoms with Crippen LogP contribution in [-0.2, 0) is 24.3 Å². The van der Waals surface area contributed by atoms with E-state index in [1.807, 2.05) is 35.6 Å². The van der Waals surface area contributed by atoms with Gasteiger partial charge in [-0.05, 0) is 32.8 Å². The molecule has 9 nitrogen and oxygen atoms in total. The second kappa shape index (κ2) is 8.46. The molecule has 0 aliphatic carbocycles. The summed E-state index contributed by atoms with van der Waals surface area (Å²) in [6, 6.07) is 7.19. The summed E-state index contributed by atoms with van der Waals surface area (Å²) >= 11 is 0. The lowest BCUT2D eigenvalue weighted by Crippen LogP contribution is -2.40. The maximum atomic E-state index is 13.5. The molecule has 1 fully saturated rings. The van der Waals surface area contributed by atoms with Gasteiger partial charge in [0.2, 0.25) is 5.91 Å². The van der Waals surface area contributed by atoms with Gasteiger partial charge in [-0.2, -0.15) is 10.2 Å². The van der Waals surface area contributed by atoms with E-state index in [9.17, 15) is 14.4 Å². The van der Waals surface area contributed by atoms with Crippen LogP contribution in [0, 0.1) is 0 Å². The van der Waals surface area contributed by atoms with Crippen molar-refractivity contribution in [3.05, 3.63) is 57.3 Å². The number of nitrogens with one attached hydrogen (secondary N) is 1. The van der Waals surface area contributed by atoms with E-state index in [-0.39, 0.29) is 17.4 Å². The van der Waals surface area contributed by atoms with E-state index in [0.29, 0.717) is 48.2 Å². The Morgan fingerprint density at radius 2 is 1.82 bits per heavy atom. The number of aromatic nitrogens is 4. The average molecular weight is 449 g/mol. The van der Waals surface area contributed by atoms with Crippen molar-refractivity contribution in [2.45, 2.75) is 52.1 Å². The summed E-state index contributed by atoms with van der Waals surface area (Å²) in [5.41, 5.74) is 2.67. The summed E-state index contributed by atoms with van der Waals surface area (Å²) in [6.45, 7) is 6.96. The van der Waals surface area contributed by atoms with E-state index in [0.717, 1.165) is 37.2 Å². The molecule has 1 unspecified atom stereocenters. The number of benzene rings is 1. The number of hydrogen-bond donors (Lipinski definition) is 1. The standard InChI is InChI=1S/C24H28N6O3/c1-3-30-19-10-13-29(14-18(19)21(27-30)24(33)28-11-6-7-12-28)23(32)15(2)20-16-8-4-5-9-17(16)22(31)26-25-20/h4-5,8-9,15H,3,6-7,10-14H2,1-2H3,(H,26,31). The van der Waals surface area contributed by atoms with Crippen LogP contribution in [-0.4, -0.2) is 61.2 Å². The molecule has 0 spiro atoms. The molecule has 9 heteroatoms. The van der Waals surface area contributed by atoms with Gasteiger partial charge in [0, 0.05) is 55.8 Å². The smallest absolute Gasteiger partial charge is 0.274 e. The number of rotatable bonds is 4. The summed E-state index contributed by atoms with van der Waals surface area (Å²) in [5.74, 6) is -0.645. The molecule has 172 valence electrons. The van der Waals surface area contributed by atoms with Crippen molar-refractivity contribution < 1.29 is 9.59 Å². The summed E-state index contributed by atoms with van der Waals surface area (Å²) < 4.78 is 1.90. The van der Waals surface area contributed by atoms with Gasteiger partial charge in [0.15, 0.2) is 5.69 Å². The van der Waals surface area contributed by atoms with Crippen LogP contribution in [0.3, 0.4) is 0 Å². The number of carbonyl (C=O) groups is 2. The molecule has 33 heavy (non-hydrogen) atoms. The highest BCUT2D eigenvalue weighted by molar-refractivity contribution is 5.95. The van der Waals surface area contributed by atoms with Crippen molar-refractivity contribution in [2.24, 2.45) is 0 Å². The molecule has 5 rings (SSSR count). The van der Waals surface area contributed by atoms with E-state index in [1.54, 1.807) is 17.0 Å². The highest BCUT2D eigenvalue weighted by Gasteiger charge is 2.34. The summed E-state index contributed by atoms with van der Waals surface area (Å²) in [4.78, 5) is 42.5. The lowest BCUT2D eigenvalue weighted by molar-refractivity contribution is -0.133. The fourth-order valence-electron chi connectivity index (χ4n) is 5.04. The molecule has 1 atom stereocenters. The van der Waals surface area contributed by atoms with Crippen LogP contribution in [0.15, 0.2) is 29.1 Å². The lowest BCUT2D eigenvalue weighted by atomic mass is 9.98. The molecule has 1 saturated heterocycles. The van der Waals surface area contributed by atoms with Crippen LogP contribution in [0.25, 0.3) is 10.8 Å². The molecule has 1 aromatic carbocycles. The molecule has 4 heterocycles. The zero-order valence-corrected chi connectivity index (χ0v) is 19.0. The van der Waals surface area contributed by atoms with Crippen molar-refractivity contribution in [2.75, 3.05) is 19.6 Å². The second-order valence-corrected chi connectivity index (χ2v) is 8.80. The predicted octanol–water partition coefficient (Wildman–Crippen LogP) is 2.06. The number of aryl methyl sites for hydroxylation is 1. The van der Waals surface area contributed by atoms with Gasteiger partial charge in [0.05, 0.1) is 17.0 Å². The maximum Gasteiger partial charge on any atom is 0.274 e. The van der Waals surface area contributed by atoms with Crippen LogP contribution in [0.1, 0.15) is 60.0 Å². The Morgan fingerprint density at radius 3 is 2.55 bits per heavy atom. The fourth-order valence-corrected chi connectivity index (χ4v) is 5.04. The topological polar surface area (TPSA) is 104 Å². The van der Waals surface area contributed by atoms with Crippen molar-refractivity contribution in [3.63, 3.8) is 0 Å². The van der Waals surface area contributed by atoms with Gasteiger partial charge in [0.25, 0.3) is 11.5 Å². The SMILES string of the molecule is CCn1nc(C(=O)N2CCCC2)c2c1CCN(C(=O)C(C)c1n[nH]c(=O)c3ccccc13)C2. The van der Waals surface area contributed by atoms with Crippen molar-refractivity contribution in [3.8, 4) is 0 Å². The van der Waals surface area contributed by atoms with Crippen molar-refractivity contribution in [1.82, 2.24) is 29.8 Å². The fraction of sp³-hybridized carbons (Fsp3) is 0.458. The third kappa shape index (κ3) is 3.61. The third-order valence-corrected chi connectivity index (χ3v) is 6.85. The van der Waals surface area contributed by atoms with Gasteiger partial charge in [-0.25, -0.2) is 5.10 Å².